The molecule has 0 radical (unpaired) electrons. The quantitative estimate of drug-likeness (QED) is 0.609. The lowest BCUT2D eigenvalue weighted by atomic mass is 10.2. The maximum atomic E-state index is 12.8. The summed E-state index contributed by atoms with van der Waals surface area (Å²) in [7, 11) is 0. The van der Waals surface area contributed by atoms with Gasteiger partial charge in [0.15, 0.2) is 0 Å². The van der Waals surface area contributed by atoms with Gasteiger partial charge in [-0.15, -0.1) is 10.2 Å². The standard InChI is InChI=1S/C20H22N4O3S/c1-14-17(8-13-26-14)18-21-22-20(27-18)28-15(2)19(25)24-11-9-23(10-12-24)16-6-4-3-5-7-16/h3-8,13,15H,9-12H2,1-2H3. The molecule has 0 saturated carbocycles. The average Bonchev–Trinajstić information content (AvgIpc) is 3.36. The van der Waals surface area contributed by atoms with E-state index in [1.807, 2.05) is 36.9 Å². The van der Waals surface area contributed by atoms with Crippen LogP contribution in [-0.2, 0) is 4.79 Å². The third kappa shape index (κ3) is 3.91. The van der Waals surface area contributed by atoms with Crippen molar-refractivity contribution >= 4 is 23.4 Å². The van der Waals surface area contributed by atoms with Crippen LogP contribution >= 0.6 is 11.8 Å². The first-order valence-electron chi connectivity index (χ1n) is 9.25. The van der Waals surface area contributed by atoms with Gasteiger partial charge in [-0.05, 0) is 32.0 Å². The molecule has 1 aliphatic heterocycles. The van der Waals surface area contributed by atoms with Crippen molar-refractivity contribution < 1.29 is 13.6 Å². The van der Waals surface area contributed by atoms with Crippen LogP contribution in [0.5, 0.6) is 0 Å². The number of nitrogens with zero attached hydrogens (tertiary/aromatic N) is 4. The van der Waals surface area contributed by atoms with E-state index in [4.69, 9.17) is 8.83 Å². The van der Waals surface area contributed by atoms with E-state index in [1.165, 1.54) is 17.4 Å². The van der Waals surface area contributed by atoms with E-state index < -0.39 is 0 Å². The number of rotatable bonds is 5. The summed E-state index contributed by atoms with van der Waals surface area (Å²) in [6, 6.07) is 12.1. The summed E-state index contributed by atoms with van der Waals surface area (Å²) < 4.78 is 11.0. The van der Waals surface area contributed by atoms with Crippen molar-refractivity contribution in [3.05, 3.63) is 48.4 Å². The Labute approximate surface area is 167 Å². The number of carbonyl (C=O) groups is 1. The zero-order valence-corrected chi connectivity index (χ0v) is 16.7. The molecule has 1 saturated heterocycles. The monoisotopic (exact) mass is 398 g/mol. The highest BCUT2D eigenvalue weighted by atomic mass is 32.2. The highest BCUT2D eigenvalue weighted by Crippen LogP contribution is 2.29. The van der Waals surface area contributed by atoms with Gasteiger partial charge in [0.2, 0.25) is 5.91 Å². The van der Waals surface area contributed by atoms with Gasteiger partial charge in [-0.3, -0.25) is 4.79 Å². The van der Waals surface area contributed by atoms with Crippen molar-refractivity contribution in [2.45, 2.75) is 24.3 Å². The summed E-state index contributed by atoms with van der Waals surface area (Å²) >= 11 is 1.29. The fraction of sp³-hybridized carbons (Fsp3) is 0.350. The van der Waals surface area contributed by atoms with Gasteiger partial charge in [0.25, 0.3) is 11.1 Å². The van der Waals surface area contributed by atoms with E-state index in [0.29, 0.717) is 24.2 Å². The fourth-order valence-corrected chi connectivity index (χ4v) is 4.02. The first kappa shape index (κ1) is 18.6. The largest absolute Gasteiger partial charge is 0.469 e. The molecule has 1 aliphatic rings. The molecule has 0 spiro atoms. The molecule has 4 rings (SSSR count). The second-order valence-electron chi connectivity index (χ2n) is 6.67. The molecule has 28 heavy (non-hydrogen) atoms. The predicted octanol–water partition coefficient (Wildman–Crippen LogP) is 3.47. The lowest BCUT2D eigenvalue weighted by Crippen LogP contribution is -2.50. The van der Waals surface area contributed by atoms with Crippen LogP contribution in [0.4, 0.5) is 5.69 Å². The molecule has 0 N–H and O–H groups in total. The Balaban J connectivity index is 1.33. The summed E-state index contributed by atoms with van der Waals surface area (Å²) in [5.41, 5.74) is 1.97. The van der Waals surface area contributed by atoms with Crippen molar-refractivity contribution in [3.63, 3.8) is 0 Å². The number of hydrogen-bond donors (Lipinski definition) is 0. The smallest absolute Gasteiger partial charge is 0.277 e. The van der Waals surface area contributed by atoms with E-state index in [1.54, 1.807) is 12.3 Å². The number of aromatic nitrogens is 2. The Kier molecular flexibility index (Phi) is 5.38. The number of carbonyl (C=O) groups excluding carboxylic acids is 1. The van der Waals surface area contributed by atoms with Gasteiger partial charge in [0.05, 0.1) is 17.1 Å². The van der Waals surface area contributed by atoms with Crippen molar-refractivity contribution in [1.29, 1.82) is 0 Å². The summed E-state index contributed by atoms with van der Waals surface area (Å²) in [5, 5.41) is 8.22. The normalized spacial score (nSPS) is 15.6. The zero-order chi connectivity index (χ0) is 19.5. The number of furan rings is 1. The van der Waals surface area contributed by atoms with Crippen LogP contribution in [0.2, 0.25) is 0 Å². The number of thioether (sulfide) groups is 1. The fourth-order valence-electron chi connectivity index (χ4n) is 3.26. The van der Waals surface area contributed by atoms with E-state index >= 15 is 0 Å². The third-order valence-corrected chi connectivity index (χ3v) is 5.76. The number of hydrogen-bond acceptors (Lipinski definition) is 7. The van der Waals surface area contributed by atoms with Crippen molar-refractivity contribution in [1.82, 2.24) is 15.1 Å². The van der Waals surface area contributed by atoms with Crippen LogP contribution in [0.25, 0.3) is 11.5 Å². The lowest BCUT2D eigenvalue weighted by Gasteiger charge is -2.37. The summed E-state index contributed by atoms with van der Waals surface area (Å²) in [6.45, 7) is 6.80. The average molecular weight is 398 g/mol. The number of piperazine rings is 1. The molecule has 1 fully saturated rings. The molecule has 8 heteroatoms. The molecule has 1 unspecified atom stereocenters. The predicted molar refractivity (Wildman–Crippen MR) is 107 cm³/mol. The first-order chi connectivity index (χ1) is 13.6. The molecule has 7 nitrogen and oxygen atoms in total. The SMILES string of the molecule is Cc1occc1-c1nnc(SC(C)C(=O)N2CCN(c3ccccc3)CC2)o1. The molecular weight excluding hydrogens is 376 g/mol. The highest BCUT2D eigenvalue weighted by Gasteiger charge is 2.27. The molecule has 3 heterocycles. The minimum Gasteiger partial charge on any atom is -0.469 e. The maximum absolute atomic E-state index is 12.8. The van der Waals surface area contributed by atoms with Gasteiger partial charge in [-0.1, -0.05) is 30.0 Å². The topological polar surface area (TPSA) is 75.6 Å². The van der Waals surface area contributed by atoms with Gasteiger partial charge in [-0.25, -0.2) is 0 Å². The Morgan fingerprint density at radius 1 is 1.11 bits per heavy atom. The Hall–Kier alpha value is -2.74. The first-order valence-corrected chi connectivity index (χ1v) is 10.1. The van der Waals surface area contributed by atoms with E-state index in [-0.39, 0.29) is 11.2 Å². The molecule has 1 amide bonds. The zero-order valence-electron chi connectivity index (χ0n) is 15.9. The van der Waals surface area contributed by atoms with E-state index in [2.05, 4.69) is 27.2 Å². The van der Waals surface area contributed by atoms with Gasteiger partial charge >= 0.3 is 0 Å². The molecule has 2 aromatic heterocycles. The van der Waals surface area contributed by atoms with Crippen molar-refractivity contribution in [3.8, 4) is 11.5 Å². The van der Waals surface area contributed by atoms with Crippen LogP contribution in [0.3, 0.4) is 0 Å². The van der Waals surface area contributed by atoms with E-state index in [9.17, 15) is 4.79 Å². The molecule has 3 aromatic rings. The van der Waals surface area contributed by atoms with Crippen LogP contribution in [-0.4, -0.2) is 52.4 Å². The van der Waals surface area contributed by atoms with Crippen LogP contribution < -0.4 is 4.90 Å². The molecule has 1 atom stereocenters. The van der Waals surface area contributed by atoms with Crippen LogP contribution in [0, 0.1) is 6.92 Å². The molecule has 0 aliphatic carbocycles. The summed E-state index contributed by atoms with van der Waals surface area (Å²) in [6.07, 6.45) is 1.59. The van der Waals surface area contributed by atoms with Gasteiger partial charge in [0.1, 0.15) is 5.76 Å². The number of benzene rings is 1. The number of amides is 1. The number of para-hydroxylation sites is 1. The van der Waals surface area contributed by atoms with Crippen LogP contribution in [0.1, 0.15) is 12.7 Å². The highest BCUT2D eigenvalue weighted by molar-refractivity contribution is 8.00. The van der Waals surface area contributed by atoms with Crippen LogP contribution in [0.15, 0.2) is 56.7 Å². The summed E-state index contributed by atoms with van der Waals surface area (Å²) in [5.74, 6) is 1.22. The Morgan fingerprint density at radius 2 is 1.86 bits per heavy atom. The minimum absolute atomic E-state index is 0.0944. The lowest BCUT2D eigenvalue weighted by molar-refractivity contribution is -0.130. The second-order valence-corrected chi connectivity index (χ2v) is 7.96. The second kappa shape index (κ2) is 8.10. The number of anilines is 1. The maximum Gasteiger partial charge on any atom is 0.277 e. The summed E-state index contributed by atoms with van der Waals surface area (Å²) in [4.78, 5) is 17.0. The third-order valence-electron chi connectivity index (χ3n) is 4.83. The molecule has 146 valence electrons. The molecule has 0 bridgehead atoms. The minimum atomic E-state index is -0.290. The number of aryl methyl sites for hydroxylation is 1. The molecule has 1 aromatic carbocycles. The molecular formula is C20H22N4O3S. The van der Waals surface area contributed by atoms with E-state index in [0.717, 1.165) is 24.4 Å². The Morgan fingerprint density at radius 3 is 2.54 bits per heavy atom. The van der Waals surface area contributed by atoms with Gasteiger partial charge in [-0.2, -0.15) is 0 Å². The van der Waals surface area contributed by atoms with Gasteiger partial charge in [0, 0.05) is 31.9 Å². The Bertz CT molecular complexity index is 932. The van der Waals surface area contributed by atoms with Crippen molar-refractivity contribution in [2.75, 3.05) is 31.1 Å². The van der Waals surface area contributed by atoms with Crippen molar-refractivity contribution in [2.24, 2.45) is 0 Å². The van der Waals surface area contributed by atoms with Gasteiger partial charge < -0.3 is 18.6 Å².